The van der Waals surface area contributed by atoms with Gasteiger partial charge in [-0.15, -0.1) is 0 Å². The van der Waals surface area contributed by atoms with Crippen molar-refractivity contribution in [1.82, 2.24) is 10.3 Å². The van der Waals surface area contributed by atoms with E-state index in [1.807, 2.05) is 0 Å². The molecule has 20 heavy (non-hydrogen) atoms. The number of unbranched alkanes of at least 4 members (excludes halogenated alkanes) is 2. The molecule has 1 aromatic rings. The van der Waals surface area contributed by atoms with Gasteiger partial charge in [0.15, 0.2) is 0 Å². The van der Waals surface area contributed by atoms with E-state index in [9.17, 15) is 0 Å². The molecule has 0 saturated carbocycles. The third-order valence-corrected chi connectivity index (χ3v) is 3.79. The standard InChI is InChI=1S/C17H29N3/c1-14(2)13-18-11-5-3-4-8-16-10-9-15-7-6-12-19-17(15)20-16/h9-10,14,18H,3-8,11-13H2,1-2H3,(H,19,20). The average Bonchev–Trinajstić information content (AvgIpc) is 2.46. The maximum absolute atomic E-state index is 4.74. The second-order valence-corrected chi connectivity index (χ2v) is 6.25. The van der Waals surface area contributed by atoms with Gasteiger partial charge in [0.1, 0.15) is 5.82 Å². The first kappa shape index (κ1) is 15.3. The largest absolute Gasteiger partial charge is 0.370 e. The molecule has 2 heterocycles. The molecule has 112 valence electrons. The summed E-state index contributed by atoms with van der Waals surface area (Å²) in [5.41, 5.74) is 2.63. The molecule has 0 aromatic carbocycles. The zero-order chi connectivity index (χ0) is 14.2. The van der Waals surface area contributed by atoms with Gasteiger partial charge in [-0.1, -0.05) is 26.3 Å². The number of hydrogen-bond donors (Lipinski definition) is 2. The molecule has 0 radical (unpaired) electrons. The smallest absolute Gasteiger partial charge is 0.129 e. The highest BCUT2D eigenvalue weighted by Crippen LogP contribution is 2.20. The van der Waals surface area contributed by atoms with E-state index in [1.54, 1.807) is 0 Å². The van der Waals surface area contributed by atoms with Gasteiger partial charge in [-0.05, 0) is 62.7 Å². The molecule has 0 atom stereocenters. The molecule has 3 heteroatoms. The average molecular weight is 275 g/mol. The van der Waals surface area contributed by atoms with Crippen molar-refractivity contribution in [3.63, 3.8) is 0 Å². The second kappa shape index (κ2) is 8.25. The number of rotatable bonds is 8. The maximum Gasteiger partial charge on any atom is 0.129 e. The highest BCUT2D eigenvalue weighted by Gasteiger charge is 2.09. The molecule has 1 aliphatic rings. The van der Waals surface area contributed by atoms with Crippen molar-refractivity contribution in [2.75, 3.05) is 25.0 Å². The van der Waals surface area contributed by atoms with Crippen molar-refractivity contribution in [3.05, 3.63) is 23.4 Å². The van der Waals surface area contributed by atoms with Crippen molar-refractivity contribution >= 4 is 5.82 Å². The molecule has 1 aliphatic heterocycles. The first-order valence-corrected chi connectivity index (χ1v) is 8.19. The van der Waals surface area contributed by atoms with Crippen LogP contribution in [-0.4, -0.2) is 24.6 Å². The zero-order valence-corrected chi connectivity index (χ0v) is 13.0. The Morgan fingerprint density at radius 2 is 2.15 bits per heavy atom. The Bertz CT molecular complexity index is 401. The van der Waals surface area contributed by atoms with Crippen LogP contribution in [0.4, 0.5) is 5.82 Å². The molecule has 2 N–H and O–H groups in total. The van der Waals surface area contributed by atoms with Crippen LogP contribution in [0.15, 0.2) is 12.1 Å². The van der Waals surface area contributed by atoms with Crippen LogP contribution in [0.1, 0.15) is 50.8 Å². The first-order chi connectivity index (χ1) is 9.75. The van der Waals surface area contributed by atoms with Crippen molar-refractivity contribution < 1.29 is 0 Å². The Morgan fingerprint density at radius 1 is 1.25 bits per heavy atom. The van der Waals surface area contributed by atoms with Crippen molar-refractivity contribution in [2.45, 2.75) is 52.4 Å². The summed E-state index contributed by atoms with van der Waals surface area (Å²) in [5.74, 6) is 1.88. The fraction of sp³-hybridized carbons (Fsp3) is 0.706. The molecule has 2 rings (SSSR count). The van der Waals surface area contributed by atoms with Gasteiger partial charge in [0.05, 0.1) is 0 Å². The SMILES string of the molecule is CC(C)CNCCCCCc1ccc2c(n1)NCCC2. The third-order valence-electron chi connectivity index (χ3n) is 3.79. The molecule has 0 saturated heterocycles. The quantitative estimate of drug-likeness (QED) is 0.714. The van der Waals surface area contributed by atoms with Gasteiger partial charge < -0.3 is 10.6 Å². The predicted molar refractivity (Wildman–Crippen MR) is 86.3 cm³/mol. The Hall–Kier alpha value is -1.09. The number of aryl methyl sites for hydroxylation is 2. The van der Waals surface area contributed by atoms with E-state index < -0.39 is 0 Å². The van der Waals surface area contributed by atoms with Crippen molar-refractivity contribution in [2.24, 2.45) is 5.92 Å². The molecular weight excluding hydrogens is 246 g/mol. The van der Waals surface area contributed by atoms with Gasteiger partial charge in [0.25, 0.3) is 0 Å². The number of aromatic nitrogens is 1. The van der Waals surface area contributed by atoms with Gasteiger partial charge in [0, 0.05) is 12.2 Å². The van der Waals surface area contributed by atoms with Crippen LogP contribution in [0.2, 0.25) is 0 Å². The lowest BCUT2D eigenvalue weighted by atomic mass is 10.1. The summed E-state index contributed by atoms with van der Waals surface area (Å²) in [7, 11) is 0. The number of fused-ring (bicyclic) bond motifs is 1. The molecule has 0 bridgehead atoms. The fourth-order valence-electron chi connectivity index (χ4n) is 2.63. The number of hydrogen-bond acceptors (Lipinski definition) is 3. The third kappa shape index (κ3) is 5.12. The topological polar surface area (TPSA) is 37.0 Å². The van der Waals surface area contributed by atoms with E-state index in [0.717, 1.165) is 37.8 Å². The number of anilines is 1. The Balaban J connectivity index is 1.62. The molecule has 1 aromatic heterocycles. The van der Waals surface area contributed by atoms with E-state index in [-0.39, 0.29) is 0 Å². The molecule has 0 fully saturated rings. The zero-order valence-electron chi connectivity index (χ0n) is 13.0. The van der Waals surface area contributed by atoms with Gasteiger partial charge >= 0.3 is 0 Å². The van der Waals surface area contributed by atoms with Crippen LogP contribution in [-0.2, 0) is 12.8 Å². The van der Waals surface area contributed by atoms with Crippen LogP contribution in [0.5, 0.6) is 0 Å². The monoisotopic (exact) mass is 275 g/mol. The molecule has 3 nitrogen and oxygen atoms in total. The minimum atomic E-state index is 0.752. The summed E-state index contributed by atoms with van der Waals surface area (Å²) >= 11 is 0. The number of nitrogens with one attached hydrogen (secondary N) is 2. The van der Waals surface area contributed by atoms with Crippen LogP contribution in [0, 0.1) is 5.92 Å². The number of pyridine rings is 1. The molecule has 0 unspecified atom stereocenters. The summed E-state index contributed by atoms with van der Waals surface area (Å²) in [6.07, 6.45) is 7.33. The summed E-state index contributed by atoms with van der Waals surface area (Å²) in [6, 6.07) is 4.47. The van der Waals surface area contributed by atoms with Crippen LogP contribution in [0.3, 0.4) is 0 Å². The van der Waals surface area contributed by atoms with Gasteiger partial charge in [0.2, 0.25) is 0 Å². The Labute approximate surface area is 123 Å². The van der Waals surface area contributed by atoms with E-state index in [1.165, 1.54) is 43.4 Å². The lowest BCUT2D eigenvalue weighted by Crippen LogP contribution is -2.20. The van der Waals surface area contributed by atoms with Crippen molar-refractivity contribution in [1.29, 1.82) is 0 Å². The minimum Gasteiger partial charge on any atom is -0.370 e. The number of nitrogens with zero attached hydrogens (tertiary/aromatic N) is 1. The molecule has 0 aliphatic carbocycles. The van der Waals surface area contributed by atoms with Gasteiger partial charge in [-0.25, -0.2) is 4.98 Å². The van der Waals surface area contributed by atoms with Crippen LogP contribution < -0.4 is 10.6 Å². The van der Waals surface area contributed by atoms with E-state index in [4.69, 9.17) is 4.98 Å². The lowest BCUT2D eigenvalue weighted by Gasteiger charge is -2.17. The summed E-state index contributed by atoms with van der Waals surface area (Å²) in [4.78, 5) is 4.74. The van der Waals surface area contributed by atoms with Crippen LogP contribution in [0.25, 0.3) is 0 Å². The van der Waals surface area contributed by atoms with E-state index >= 15 is 0 Å². The lowest BCUT2D eigenvalue weighted by molar-refractivity contribution is 0.529. The molecule has 0 amide bonds. The summed E-state index contributed by atoms with van der Waals surface area (Å²) < 4.78 is 0. The van der Waals surface area contributed by atoms with Gasteiger partial charge in [-0.3, -0.25) is 0 Å². The van der Waals surface area contributed by atoms with Gasteiger partial charge in [-0.2, -0.15) is 0 Å². The van der Waals surface area contributed by atoms with Crippen molar-refractivity contribution in [3.8, 4) is 0 Å². The minimum absolute atomic E-state index is 0.752. The second-order valence-electron chi connectivity index (χ2n) is 6.25. The van der Waals surface area contributed by atoms with Crippen LogP contribution >= 0.6 is 0 Å². The van der Waals surface area contributed by atoms with E-state index in [0.29, 0.717) is 0 Å². The summed E-state index contributed by atoms with van der Waals surface area (Å²) in [5, 5.41) is 6.91. The first-order valence-electron chi connectivity index (χ1n) is 8.19. The maximum atomic E-state index is 4.74. The molecular formula is C17H29N3. The predicted octanol–water partition coefficient (Wildman–Crippen LogP) is 3.40. The normalized spacial score (nSPS) is 14.2. The summed E-state index contributed by atoms with van der Waals surface area (Å²) in [6.45, 7) is 7.87. The Kier molecular flexibility index (Phi) is 6.31. The fourth-order valence-corrected chi connectivity index (χ4v) is 2.63. The molecule has 0 spiro atoms. The highest BCUT2D eigenvalue weighted by molar-refractivity contribution is 5.46. The van der Waals surface area contributed by atoms with E-state index in [2.05, 4.69) is 36.6 Å². The Morgan fingerprint density at radius 3 is 3.00 bits per heavy atom. The highest BCUT2D eigenvalue weighted by atomic mass is 15.0.